The molecule has 3 heterocycles. The van der Waals surface area contributed by atoms with Gasteiger partial charge in [0.1, 0.15) is 5.69 Å². The van der Waals surface area contributed by atoms with Crippen molar-refractivity contribution in [3.63, 3.8) is 0 Å². The number of methoxy groups -OCH3 is 1. The van der Waals surface area contributed by atoms with Crippen LogP contribution in [0.1, 0.15) is 40.6 Å². The summed E-state index contributed by atoms with van der Waals surface area (Å²) in [5.74, 6) is 0.937. The fourth-order valence-electron chi connectivity index (χ4n) is 4.82. The first kappa shape index (κ1) is 20.0. The van der Waals surface area contributed by atoms with Gasteiger partial charge in [0.05, 0.1) is 24.0 Å². The molecular formula is C21H30N6O2. The maximum Gasteiger partial charge on any atom is 0.272 e. The minimum Gasteiger partial charge on any atom is -0.379 e. The van der Waals surface area contributed by atoms with Crippen LogP contribution in [-0.4, -0.2) is 76.1 Å². The Morgan fingerprint density at radius 3 is 2.72 bits per heavy atom. The topological polar surface area (TPSA) is 76.4 Å². The van der Waals surface area contributed by atoms with Crippen molar-refractivity contribution >= 4 is 5.91 Å². The number of likely N-dealkylation sites (tertiary alicyclic amines) is 1. The van der Waals surface area contributed by atoms with Crippen LogP contribution < -0.4 is 0 Å². The zero-order valence-electron chi connectivity index (χ0n) is 17.7. The summed E-state index contributed by atoms with van der Waals surface area (Å²) in [6.07, 6.45) is 5.68. The summed E-state index contributed by atoms with van der Waals surface area (Å²) in [6.45, 7) is 4.25. The number of hydrogen-bond donors (Lipinski definition) is 0. The molecule has 0 radical (unpaired) electrons. The number of amides is 1. The Balaban J connectivity index is 1.48. The highest BCUT2D eigenvalue weighted by Crippen LogP contribution is 2.42. The van der Waals surface area contributed by atoms with Gasteiger partial charge in [0, 0.05) is 32.9 Å². The third-order valence-electron chi connectivity index (χ3n) is 6.26. The first-order chi connectivity index (χ1) is 14.0. The molecule has 156 valence electrons. The second kappa shape index (κ2) is 8.20. The van der Waals surface area contributed by atoms with E-state index in [9.17, 15) is 4.79 Å². The third-order valence-corrected chi connectivity index (χ3v) is 6.26. The van der Waals surface area contributed by atoms with E-state index in [1.165, 1.54) is 0 Å². The normalized spacial score (nSPS) is 26.7. The number of carbonyl (C=O) groups is 1. The third kappa shape index (κ3) is 4.04. The number of carbonyl (C=O) groups excluding carboxylic acids is 1. The van der Waals surface area contributed by atoms with Gasteiger partial charge in [0.2, 0.25) is 0 Å². The fraction of sp³-hybridized carbons (Fsp3) is 0.619. The van der Waals surface area contributed by atoms with Crippen LogP contribution in [0.25, 0.3) is 0 Å². The van der Waals surface area contributed by atoms with Crippen molar-refractivity contribution in [2.75, 3.05) is 34.3 Å². The lowest BCUT2D eigenvalue weighted by molar-refractivity contribution is -0.00547. The van der Waals surface area contributed by atoms with E-state index in [1.807, 2.05) is 48.9 Å². The second-order valence-electron chi connectivity index (χ2n) is 8.64. The largest absolute Gasteiger partial charge is 0.379 e. The predicted molar refractivity (Wildman–Crippen MR) is 108 cm³/mol. The Bertz CT molecular complexity index is 866. The van der Waals surface area contributed by atoms with Crippen molar-refractivity contribution in [3.05, 3.63) is 41.5 Å². The van der Waals surface area contributed by atoms with E-state index in [2.05, 4.69) is 20.2 Å². The summed E-state index contributed by atoms with van der Waals surface area (Å²) in [7, 11) is 5.82. The van der Waals surface area contributed by atoms with Crippen molar-refractivity contribution in [3.8, 4) is 0 Å². The standard InChI is InChI=1S/C21H30N6O2/c1-14-6-5-7-22-20(14)21(28)26-10-15-8-18(19(29-4)9-16(15)11-26)27-13-17(23-24-27)12-25(2)3/h5-7,13,15-16,18-19H,8-12H2,1-4H3/t15-,16+,18-,19-/m1/s1. The van der Waals surface area contributed by atoms with Crippen molar-refractivity contribution in [2.45, 2.75) is 38.5 Å². The number of aromatic nitrogens is 4. The molecule has 0 unspecified atom stereocenters. The maximum absolute atomic E-state index is 13.0. The van der Waals surface area contributed by atoms with Crippen molar-refractivity contribution in [2.24, 2.45) is 11.8 Å². The molecule has 2 aromatic heterocycles. The maximum atomic E-state index is 13.0. The molecule has 29 heavy (non-hydrogen) atoms. The van der Waals surface area contributed by atoms with Gasteiger partial charge < -0.3 is 14.5 Å². The van der Waals surface area contributed by atoms with Crippen molar-refractivity contribution < 1.29 is 9.53 Å². The van der Waals surface area contributed by atoms with Crippen LogP contribution in [0.4, 0.5) is 0 Å². The van der Waals surface area contributed by atoms with E-state index >= 15 is 0 Å². The zero-order valence-corrected chi connectivity index (χ0v) is 17.7. The predicted octanol–water partition coefficient (Wildman–Crippen LogP) is 1.78. The summed E-state index contributed by atoms with van der Waals surface area (Å²) in [6, 6.07) is 3.96. The van der Waals surface area contributed by atoms with Gasteiger partial charge in [-0.15, -0.1) is 5.10 Å². The van der Waals surface area contributed by atoms with Crippen molar-refractivity contribution in [1.29, 1.82) is 0 Å². The molecule has 1 aliphatic heterocycles. The number of aryl methyl sites for hydroxylation is 1. The van der Waals surface area contributed by atoms with E-state index < -0.39 is 0 Å². The lowest BCUT2D eigenvalue weighted by Crippen LogP contribution is -2.37. The number of ether oxygens (including phenoxy) is 1. The Labute approximate surface area is 171 Å². The molecule has 1 aliphatic carbocycles. The molecule has 0 N–H and O–H groups in total. The molecule has 2 aromatic rings. The molecular weight excluding hydrogens is 368 g/mol. The lowest BCUT2D eigenvalue weighted by Gasteiger charge is -2.36. The first-order valence-electron chi connectivity index (χ1n) is 10.3. The average molecular weight is 399 g/mol. The molecule has 1 saturated heterocycles. The van der Waals surface area contributed by atoms with E-state index in [-0.39, 0.29) is 18.1 Å². The van der Waals surface area contributed by atoms with Gasteiger partial charge in [-0.05, 0) is 57.3 Å². The molecule has 4 rings (SSSR count). The highest BCUT2D eigenvalue weighted by atomic mass is 16.5. The molecule has 2 fully saturated rings. The smallest absolute Gasteiger partial charge is 0.272 e. The van der Waals surface area contributed by atoms with Gasteiger partial charge >= 0.3 is 0 Å². The molecule has 0 bridgehead atoms. The van der Waals surface area contributed by atoms with Crippen LogP contribution in [-0.2, 0) is 11.3 Å². The van der Waals surface area contributed by atoms with Gasteiger partial charge in [-0.2, -0.15) is 0 Å². The number of rotatable bonds is 5. The second-order valence-corrected chi connectivity index (χ2v) is 8.64. The SMILES string of the molecule is CO[C@@H]1C[C@H]2CN(C(=O)c3ncccc3C)C[C@H]2C[C@H]1n1cc(CN(C)C)nn1. The summed E-state index contributed by atoms with van der Waals surface area (Å²) in [5.41, 5.74) is 2.45. The van der Waals surface area contributed by atoms with Gasteiger partial charge in [-0.25, -0.2) is 4.68 Å². The molecule has 8 nitrogen and oxygen atoms in total. The van der Waals surface area contributed by atoms with Crippen LogP contribution in [0.5, 0.6) is 0 Å². The summed E-state index contributed by atoms with van der Waals surface area (Å²) < 4.78 is 7.81. The van der Waals surface area contributed by atoms with E-state index in [0.717, 1.165) is 43.7 Å². The van der Waals surface area contributed by atoms with Gasteiger partial charge in [0.25, 0.3) is 5.91 Å². The highest BCUT2D eigenvalue weighted by molar-refractivity contribution is 5.93. The molecule has 0 spiro atoms. The van der Waals surface area contributed by atoms with Crippen LogP contribution >= 0.6 is 0 Å². The van der Waals surface area contributed by atoms with Crippen LogP contribution in [0, 0.1) is 18.8 Å². The minimum absolute atomic E-state index is 0.0389. The number of pyridine rings is 1. The minimum atomic E-state index is 0.0389. The zero-order chi connectivity index (χ0) is 20.5. The lowest BCUT2D eigenvalue weighted by atomic mass is 9.77. The van der Waals surface area contributed by atoms with Gasteiger partial charge in [-0.3, -0.25) is 9.78 Å². The Hall–Kier alpha value is -2.32. The summed E-state index contributed by atoms with van der Waals surface area (Å²) in [5, 5.41) is 8.71. The molecule has 2 aliphatic rings. The molecule has 8 heteroatoms. The summed E-state index contributed by atoms with van der Waals surface area (Å²) >= 11 is 0. The van der Waals surface area contributed by atoms with Crippen LogP contribution in [0.15, 0.2) is 24.5 Å². The van der Waals surface area contributed by atoms with Gasteiger partial charge in [-0.1, -0.05) is 11.3 Å². The first-order valence-corrected chi connectivity index (χ1v) is 10.3. The highest BCUT2D eigenvalue weighted by Gasteiger charge is 2.45. The van der Waals surface area contributed by atoms with Gasteiger partial charge in [0.15, 0.2) is 0 Å². The van der Waals surface area contributed by atoms with Crippen LogP contribution in [0.3, 0.4) is 0 Å². The number of nitrogens with zero attached hydrogens (tertiary/aromatic N) is 6. The molecule has 0 aromatic carbocycles. The Kier molecular flexibility index (Phi) is 5.65. The van der Waals surface area contributed by atoms with E-state index in [0.29, 0.717) is 17.5 Å². The quantitative estimate of drug-likeness (QED) is 0.764. The Morgan fingerprint density at radius 1 is 1.28 bits per heavy atom. The molecule has 1 amide bonds. The molecule has 4 atom stereocenters. The van der Waals surface area contributed by atoms with E-state index in [1.54, 1.807) is 13.3 Å². The fourth-order valence-corrected chi connectivity index (χ4v) is 4.82. The molecule has 1 saturated carbocycles. The number of hydrogen-bond acceptors (Lipinski definition) is 6. The van der Waals surface area contributed by atoms with Crippen LogP contribution in [0.2, 0.25) is 0 Å². The summed E-state index contributed by atoms with van der Waals surface area (Å²) in [4.78, 5) is 21.4. The average Bonchev–Trinajstić information content (AvgIpc) is 3.32. The Morgan fingerprint density at radius 2 is 2.03 bits per heavy atom. The monoisotopic (exact) mass is 398 g/mol. The van der Waals surface area contributed by atoms with Crippen molar-refractivity contribution in [1.82, 2.24) is 29.8 Å². The van der Waals surface area contributed by atoms with E-state index in [4.69, 9.17) is 4.74 Å². The number of fused-ring (bicyclic) bond motifs is 1.